The summed E-state index contributed by atoms with van der Waals surface area (Å²) < 4.78 is 5.13. The first-order valence-electron chi connectivity index (χ1n) is 9.47. The average Bonchev–Trinajstić information content (AvgIpc) is 2.66. The topological polar surface area (TPSA) is 53.1 Å². The number of amides is 3. The van der Waals surface area contributed by atoms with Crippen LogP contribution in [0.4, 0.5) is 10.5 Å². The molecular formula is C20H29N3O3. The summed E-state index contributed by atoms with van der Waals surface area (Å²) in [4.78, 5) is 30.7. The number of urea groups is 1. The van der Waals surface area contributed by atoms with E-state index in [0.29, 0.717) is 12.5 Å². The lowest BCUT2D eigenvalue weighted by molar-refractivity contribution is -0.131. The number of methoxy groups -OCH3 is 1. The van der Waals surface area contributed by atoms with Crippen molar-refractivity contribution in [3.63, 3.8) is 0 Å². The number of nitrogens with zero attached hydrogens (tertiary/aromatic N) is 3. The Morgan fingerprint density at radius 3 is 2.92 bits per heavy atom. The minimum atomic E-state index is -0.106. The lowest BCUT2D eigenvalue weighted by Crippen LogP contribution is -2.51. The Bertz CT molecular complexity index is 649. The van der Waals surface area contributed by atoms with Gasteiger partial charge in [0.1, 0.15) is 6.54 Å². The molecule has 2 heterocycles. The van der Waals surface area contributed by atoms with E-state index in [1.807, 2.05) is 29.2 Å². The van der Waals surface area contributed by atoms with Crippen LogP contribution >= 0.6 is 0 Å². The predicted molar refractivity (Wildman–Crippen MR) is 101 cm³/mol. The van der Waals surface area contributed by atoms with Crippen molar-refractivity contribution in [3.8, 4) is 0 Å². The summed E-state index contributed by atoms with van der Waals surface area (Å²) in [6, 6.07) is 7.73. The molecule has 3 amide bonds. The minimum Gasteiger partial charge on any atom is -0.385 e. The van der Waals surface area contributed by atoms with Crippen molar-refractivity contribution < 1.29 is 14.3 Å². The van der Waals surface area contributed by atoms with E-state index in [-0.39, 0.29) is 18.5 Å². The van der Waals surface area contributed by atoms with Gasteiger partial charge in [-0.3, -0.25) is 9.69 Å². The van der Waals surface area contributed by atoms with E-state index in [1.54, 1.807) is 24.0 Å². The van der Waals surface area contributed by atoms with E-state index in [9.17, 15) is 9.59 Å². The molecule has 2 aliphatic rings. The maximum Gasteiger partial charge on any atom is 0.325 e. The number of piperidine rings is 1. The maximum atomic E-state index is 12.9. The van der Waals surface area contributed by atoms with Crippen LogP contribution in [-0.4, -0.2) is 62.1 Å². The van der Waals surface area contributed by atoms with E-state index in [1.165, 1.54) is 6.42 Å². The van der Waals surface area contributed by atoms with Gasteiger partial charge >= 0.3 is 6.03 Å². The first kappa shape index (κ1) is 18.7. The van der Waals surface area contributed by atoms with Crippen LogP contribution in [0, 0.1) is 5.92 Å². The van der Waals surface area contributed by atoms with E-state index < -0.39 is 0 Å². The molecule has 0 N–H and O–H groups in total. The van der Waals surface area contributed by atoms with Crippen molar-refractivity contribution in [1.29, 1.82) is 0 Å². The number of ether oxygens (including phenoxy) is 1. The lowest BCUT2D eigenvalue weighted by Gasteiger charge is -2.37. The van der Waals surface area contributed by atoms with Gasteiger partial charge in [0.2, 0.25) is 5.91 Å². The van der Waals surface area contributed by atoms with Gasteiger partial charge in [0.15, 0.2) is 0 Å². The van der Waals surface area contributed by atoms with Crippen molar-refractivity contribution in [2.75, 3.05) is 45.3 Å². The van der Waals surface area contributed by atoms with Crippen LogP contribution in [0.5, 0.6) is 0 Å². The molecule has 26 heavy (non-hydrogen) atoms. The fourth-order valence-corrected chi connectivity index (χ4v) is 3.97. The van der Waals surface area contributed by atoms with Gasteiger partial charge in [0.25, 0.3) is 0 Å². The summed E-state index contributed by atoms with van der Waals surface area (Å²) in [5.41, 5.74) is 1.94. The van der Waals surface area contributed by atoms with E-state index >= 15 is 0 Å². The minimum absolute atomic E-state index is 0.0416. The number of carbonyl (C=O) groups is 2. The predicted octanol–water partition coefficient (Wildman–Crippen LogP) is 2.72. The summed E-state index contributed by atoms with van der Waals surface area (Å²) in [7, 11) is 3.50. The molecule has 0 aliphatic carbocycles. The SMILES string of the molecule is COCCC[C@@H]1CCCN(C(=O)CN2C(=O)N(C)Cc3ccccc32)C1. The summed E-state index contributed by atoms with van der Waals surface area (Å²) in [5, 5.41) is 0. The number of rotatable bonds is 6. The number of hydrogen-bond donors (Lipinski definition) is 0. The number of para-hydroxylation sites is 1. The maximum absolute atomic E-state index is 12.9. The number of hydrogen-bond acceptors (Lipinski definition) is 3. The van der Waals surface area contributed by atoms with Crippen LogP contribution < -0.4 is 4.90 Å². The molecule has 0 bridgehead atoms. The summed E-state index contributed by atoms with van der Waals surface area (Å²) in [6.07, 6.45) is 4.33. The summed E-state index contributed by atoms with van der Waals surface area (Å²) >= 11 is 0. The number of likely N-dealkylation sites (tertiary alicyclic amines) is 1. The highest BCUT2D eigenvalue weighted by atomic mass is 16.5. The highest BCUT2D eigenvalue weighted by Crippen LogP contribution is 2.28. The van der Waals surface area contributed by atoms with Gasteiger partial charge in [-0.1, -0.05) is 18.2 Å². The first-order chi connectivity index (χ1) is 12.6. The molecule has 1 saturated heterocycles. The van der Waals surface area contributed by atoms with Crippen LogP contribution in [-0.2, 0) is 16.1 Å². The Hall–Kier alpha value is -2.08. The number of benzene rings is 1. The molecular weight excluding hydrogens is 330 g/mol. The third-order valence-electron chi connectivity index (χ3n) is 5.37. The summed E-state index contributed by atoms with van der Waals surface area (Å²) in [5.74, 6) is 0.578. The van der Waals surface area contributed by atoms with Gasteiger partial charge in [-0.2, -0.15) is 0 Å². The Balaban J connectivity index is 1.64. The lowest BCUT2D eigenvalue weighted by atomic mass is 9.93. The van der Waals surface area contributed by atoms with Crippen molar-refractivity contribution in [2.24, 2.45) is 5.92 Å². The van der Waals surface area contributed by atoms with E-state index in [2.05, 4.69) is 0 Å². The second-order valence-corrected chi connectivity index (χ2v) is 7.34. The van der Waals surface area contributed by atoms with Crippen LogP contribution in [0.15, 0.2) is 24.3 Å². The zero-order chi connectivity index (χ0) is 18.5. The number of fused-ring (bicyclic) bond motifs is 1. The monoisotopic (exact) mass is 359 g/mol. The molecule has 142 valence electrons. The molecule has 6 nitrogen and oxygen atoms in total. The molecule has 1 aromatic carbocycles. The average molecular weight is 359 g/mol. The first-order valence-corrected chi connectivity index (χ1v) is 9.47. The van der Waals surface area contributed by atoms with Gasteiger partial charge in [0.05, 0.1) is 5.69 Å². The van der Waals surface area contributed by atoms with Crippen molar-refractivity contribution in [2.45, 2.75) is 32.2 Å². The highest BCUT2D eigenvalue weighted by Gasteiger charge is 2.31. The molecule has 6 heteroatoms. The van der Waals surface area contributed by atoms with Crippen LogP contribution in [0.1, 0.15) is 31.2 Å². The summed E-state index contributed by atoms with van der Waals surface area (Å²) in [6.45, 7) is 3.06. The molecule has 2 aliphatic heterocycles. The largest absolute Gasteiger partial charge is 0.385 e. The normalized spacial score (nSPS) is 20.3. The Morgan fingerprint density at radius 1 is 1.31 bits per heavy atom. The number of carbonyl (C=O) groups excluding carboxylic acids is 2. The van der Waals surface area contributed by atoms with Gasteiger partial charge in [-0.05, 0) is 43.2 Å². The standard InChI is InChI=1S/C20H29N3O3/c1-21-14-17-9-3-4-10-18(17)23(20(21)25)15-19(24)22-11-5-7-16(13-22)8-6-12-26-2/h3-4,9-10,16H,5-8,11-15H2,1-2H3/t16-/m0/s1. The van der Waals surface area contributed by atoms with Gasteiger partial charge in [-0.15, -0.1) is 0 Å². The van der Waals surface area contributed by atoms with Gasteiger partial charge < -0.3 is 14.5 Å². The van der Waals surface area contributed by atoms with E-state index in [4.69, 9.17) is 4.74 Å². The molecule has 0 aromatic heterocycles. The fraction of sp³-hybridized carbons (Fsp3) is 0.600. The Morgan fingerprint density at radius 2 is 2.12 bits per heavy atom. The van der Waals surface area contributed by atoms with Crippen LogP contribution in [0.2, 0.25) is 0 Å². The third-order valence-corrected chi connectivity index (χ3v) is 5.37. The molecule has 0 radical (unpaired) electrons. The molecule has 1 atom stereocenters. The molecule has 0 saturated carbocycles. The highest BCUT2D eigenvalue weighted by molar-refractivity contribution is 5.99. The Kier molecular flexibility index (Phi) is 6.14. The molecule has 1 aromatic rings. The van der Waals surface area contributed by atoms with E-state index in [0.717, 1.165) is 50.2 Å². The number of anilines is 1. The molecule has 3 rings (SSSR count). The Labute approximate surface area is 155 Å². The van der Waals surface area contributed by atoms with Crippen molar-refractivity contribution in [3.05, 3.63) is 29.8 Å². The van der Waals surface area contributed by atoms with Crippen molar-refractivity contribution >= 4 is 17.6 Å². The molecule has 0 spiro atoms. The molecule has 1 fully saturated rings. The van der Waals surface area contributed by atoms with Crippen LogP contribution in [0.25, 0.3) is 0 Å². The van der Waals surface area contributed by atoms with Crippen molar-refractivity contribution in [1.82, 2.24) is 9.80 Å². The quantitative estimate of drug-likeness (QED) is 0.734. The second kappa shape index (κ2) is 8.54. The van der Waals surface area contributed by atoms with Gasteiger partial charge in [0, 0.05) is 40.4 Å². The second-order valence-electron chi connectivity index (χ2n) is 7.34. The zero-order valence-electron chi connectivity index (χ0n) is 15.8. The molecule has 0 unspecified atom stereocenters. The zero-order valence-corrected chi connectivity index (χ0v) is 15.8. The fourth-order valence-electron chi connectivity index (χ4n) is 3.97. The smallest absolute Gasteiger partial charge is 0.325 e. The van der Waals surface area contributed by atoms with Gasteiger partial charge in [-0.25, -0.2) is 4.79 Å². The third kappa shape index (κ3) is 4.18. The van der Waals surface area contributed by atoms with Crippen LogP contribution in [0.3, 0.4) is 0 Å².